The predicted molar refractivity (Wildman–Crippen MR) is 74.4 cm³/mol. The number of hydrogen-bond acceptors (Lipinski definition) is 3. The van der Waals surface area contributed by atoms with E-state index >= 15 is 0 Å². The van der Waals surface area contributed by atoms with Gasteiger partial charge in [-0.2, -0.15) is 0 Å². The van der Waals surface area contributed by atoms with Gasteiger partial charge >= 0.3 is 5.97 Å². The summed E-state index contributed by atoms with van der Waals surface area (Å²) in [5.74, 6) is 0.384. The molecule has 0 aromatic heterocycles. The second kappa shape index (κ2) is 6.55. The van der Waals surface area contributed by atoms with Crippen molar-refractivity contribution in [1.82, 2.24) is 5.32 Å². The molecule has 1 unspecified atom stereocenters. The van der Waals surface area contributed by atoms with Gasteiger partial charge in [-0.1, -0.05) is 27.7 Å². The van der Waals surface area contributed by atoms with Gasteiger partial charge < -0.3 is 10.1 Å². The lowest BCUT2D eigenvalue weighted by atomic mass is 9.75. The molecule has 3 heteroatoms. The van der Waals surface area contributed by atoms with Crippen LogP contribution in [0.3, 0.4) is 0 Å². The Morgan fingerprint density at radius 2 is 1.89 bits per heavy atom. The monoisotopic (exact) mass is 255 g/mol. The minimum atomic E-state index is -0.138. The lowest BCUT2D eigenvalue weighted by molar-refractivity contribution is -0.143. The predicted octanol–water partition coefficient (Wildman–Crippen LogP) is 3.13. The van der Waals surface area contributed by atoms with Crippen molar-refractivity contribution < 1.29 is 9.53 Å². The van der Waals surface area contributed by atoms with Gasteiger partial charge in [0.2, 0.25) is 0 Å². The molecule has 1 aliphatic rings. The third-order valence-electron chi connectivity index (χ3n) is 3.97. The Morgan fingerprint density at radius 1 is 1.33 bits per heavy atom. The first-order valence-electron chi connectivity index (χ1n) is 7.18. The van der Waals surface area contributed by atoms with Crippen LogP contribution < -0.4 is 5.32 Å². The standard InChI is InChI=1S/C15H29NO2/c1-11(2)10-13(14(17)18-5)16-12-6-8-15(3,4)9-7-12/h11-13,16H,6-10H2,1-5H3. The zero-order chi connectivity index (χ0) is 13.8. The van der Waals surface area contributed by atoms with E-state index in [0.717, 1.165) is 6.42 Å². The topological polar surface area (TPSA) is 38.3 Å². The van der Waals surface area contributed by atoms with E-state index in [-0.39, 0.29) is 12.0 Å². The number of ether oxygens (including phenoxy) is 1. The van der Waals surface area contributed by atoms with E-state index in [4.69, 9.17) is 4.74 Å². The first-order chi connectivity index (χ1) is 8.34. The van der Waals surface area contributed by atoms with Crippen molar-refractivity contribution in [3.05, 3.63) is 0 Å². The number of esters is 1. The van der Waals surface area contributed by atoms with Gasteiger partial charge in [0.05, 0.1) is 7.11 Å². The second-order valence-corrected chi connectivity index (χ2v) is 6.81. The molecular formula is C15H29NO2. The fourth-order valence-electron chi connectivity index (χ4n) is 2.70. The van der Waals surface area contributed by atoms with E-state index in [1.165, 1.54) is 32.8 Å². The summed E-state index contributed by atoms with van der Waals surface area (Å²) in [6.07, 6.45) is 5.66. The largest absolute Gasteiger partial charge is 0.468 e. The molecule has 18 heavy (non-hydrogen) atoms. The van der Waals surface area contributed by atoms with E-state index in [0.29, 0.717) is 17.4 Å². The molecule has 1 rings (SSSR count). The molecule has 1 fully saturated rings. The molecule has 0 aliphatic heterocycles. The van der Waals surface area contributed by atoms with Gasteiger partial charge in [0.15, 0.2) is 0 Å². The Labute approximate surface area is 112 Å². The van der Waals surface area contributed by atoms with Gasteiger partial charge in [0.1, 0.15) is 6.04 Å². The Balaban J connectivity index is 2.48. The maximum absolute atomic E-state index is 11.8. The highest BCUT2D eigenvalue weighted by molar-refractivity contribution is 5.75. The molecule has 0 amide bonds. The van der Waals surface area contributed by atoms with Crippen LogP contribution in [-0.2, 0) is 9.53 Å². The highest BCUT2D eigenvalue weighted by atomic mass is 16.5. The van der Waals surface area contributed by atoms with Crippen LogP contribution in [0, 0.1) is 11.3 Å². The van der Waals surface area contributed by atoms with Gasteiger partial charge in [-0.25, -0.2) is 0 Å². The molecule has 0 aromatic rings. The van der Waals surface area contributed by atoms with Crippen molar-refractivity contribution in [3.63, 3.8) is 0 Å². The van der Waals surface area contributed by atoms with Crippen LogP contribution in [0.25, 0.3) is 0 Å². The molecule has 0 spiro atoms. The minimum Gasteiger partial charge on any atom is -0.468 e. The molecule has 0 radical (unpaired) electrons. The fourth-order valence-corrected chi connectivity index (χ4v) is 2.70. The van der Waals surface area contributed by atoms with Crippen molar-refractivity contribution >= 4 is 5.97 Å². The third kappa shape index (κ3) is 4.97. The minimum absolute atomic E-state index is 0.117. The van der Waals surface area contributed by atoms with Gasteiger partial charge in [-0.15, -0.1) is 0 Å². The van der Waals surface area contributed by atoms with Crippen LogP contribution >= 0.6 is 0 Å². The molecule has 0 bridgehead atoms. The maximum Gasteiger partial charge on any atom is 0.322 e. The van der Waals surface area contributed by atoms with Gasteiger partial charge in [0.25, 0.3) is 0 Å². The maximum atomic E-state index is 11.8. The molecule has 106 valence electrons. The van der Waals surface area contributed by atoms with Gasteiger partial charge in [0, 0.05) is 6.04 Å². The molecule has 3 nitrogen and oxygen atoms in total. The number of carbonyl (C=O) groups excluding carboxylic acids is 1. The first-order valence-corrected chi connectivity index (χ1v) is 7.18. The summed E-state index contributed by atoms with van der Waals surface area (Å²) in [4.78, 5) is 11.8. The normalized spacial score (nSPS) is 21.9. The van der Waals surface area contributed by atoms with Crippen LogP contribution in [0.2, 0.25) is 0 Å². The summed E-state index contributed by atoms with van der Waals surface area (Å²) in [5, 5.41) is 3.50. The Morgan fingerprint density at radius 3 is 2.33 bits per heavy atom. The zero-order valence-corrected chi connectivity index (χ0v) is 12.6. The number of nitrogens with one attached hydrogen (secondary N) is 1. The molecular weight excluding hydrogens is 226 g/mol. The van der Waals surface area contributed by atoms with Crippen molar-refractivity contribution in [2.24, 2.45) is 11.3 Å². The molecule has 0 aromatic carbocycles. The number of rotatable bonds is 5. The lowest BCUT2D eigenvalue weighted by Crippen LogP contribution is -2.46. The van der Waals surface area contributed by atoms with Crippen molar-refractivity contribution in [1.29, 1.82) is 0 Å². The van der Waals surface area contributed by atoms with Gasteiger partial charge in [-0.05, 0) is 43.4 Å². The summed E-state index contributed by atoms with van der Waals surface area (Å²) >= 11 is 0. The van der Waals surface area contributed by atoms with Crippen molar-refractivity contribution in [3.8, 4) is 0 Å². The van der Waals surface area contributed by atoms with E-state index in [1.54, 1.807) is 0 Å². The SMILES string of the molecule is COC(=O)C(CC(C)C)NC1CCC(C)(C)CC1. The number of hydrogen-bond donors (Lipinski definition) is 1. The van der Waals surface area contributed by atoms with E-state index < -0.39 is 0 Å². The van der Waals surface area contributed by atoms with E-state index in [9.17, 15) is 4.79 Å². The van der Waals surface area contributed by atoms with Crippen molar-refractivity contribution in [2.45, 2.75) is 71.9 Å². The Bertz CT molecular complexity index is 264. The average molecular weight is 255 g/mol. The summed E-state index contributed by atoms with van der Waals surface area (Å²) in [6.45, 7) is 8.94. The quantitative estimate of drug-likeness (QED) is 0.767. The Kier molecular flexibility index (Phi) is 5.64. The molecule has 0 saturated heterocycles. The molecule has 1 saturated carbocycles. The third-order valence-corrected chi connectivity index (χ3v) is 3.97. The van der Waals surface area contributed by atoms with Crippen molar-refractivity contribution in [2.75, 3.05) is 7.11 Å². The van der Waals surface area contributed by atoms with E-state index in [2.05, 4.69) is 33.0 Å². The lowest BCUT2D eigenvalue weighted by Gasteiger charge is -2.36. The summed E-state index contributed by atoms with van der Waals surface area (Å²) in [7, 11) is 1.47. The summed E-state index contributed by atoms with van der Waals surface area (Å²) in [6, 6.07) is 0.335. The Hall–Kier alpha value is -0.570. The molecule has 1 aliphatic carbocycles. The number of methoxy groups -OCH3 is 1. The van der Waals surface area contributed by atoms with Crippen LogP contribution in [0.5, 0.6) is 0 Å². The highest BCUT2D eigenvalue weighted by Crippen LogP contribution is 2.35. The second-order valence-electron chi connectivity index (χ2n) is 6.81. The van der Waals surface area contributed by atoms with Crippen LogP contribution in [0.1, 0.15) is 59.8 Å². The highest BCUT2D eigenvalue weighted by Gasteiger charge is 2.30. The van der Waals surface area contributed by atoms with E-state index in [1.807, 2.05) is 0 Å². The van der Waals surface area contributed by atoms with Gasteiger partial charge in [-0.3, -0.25) is 4.79 Å². The average Bonchev–Trinajstić information content (AvgIpc) is 2.29. The first kappa shape index (κ1) is 15.5. The van der Waals surface area contributed by atoms with Crippen LogP contribution in [0.4, 0.5) is 0 Å². The van der Waals surface area contributed by atoms with Crippen LogP contribution in [-0.4, -0.2) is 25.2 Å². The van der Waals surface area contributed by atoms with Crippen LogP contribution in [0.15, 0.2) is 0 Å². The summed E-state index contributed by atoms with van der Waals surface area (Å²) in [5.41, 5.74) is 0.469. The fraction of sp³-hybridized carbons (Fsp3) is 0.933. The summed E-state index contributed by atoms with van der Waals surface area (Å²) < 4.78 is 4.89. The number of carbonyl (C=O) groups is 1. The molecule has 1 atom stereocenters. The molecule has 0 heterocycles. The molecule has 1 N–H and O–H groups in total. The smallest absolute Gasteiger partial charge is 0.322 e. The zero-order valence-electron chi connectivity index (χ0n) is 12.6.